The topological polar surface area (TPSA) is 72.2 Å². The zero-order valence-electron chi connectivity index (χ0n) is 17.0. The largest absolute Gasteiger partial charge is 0.465 e. The molecule has 7 nitrogen and oxygen atoms in total. The number of aryl methyl sites for hydroxylation is 1. The Balaban J connectivity index is 1.35. The van der Waals surface area contributed by atoms with Crippen LogP contribution in [0.1, 0.15) is 23.5 Å². The lowest BCUT2D eigenvalue weighted by molar-refractivity contribution is 0.0454. The molecule has 1 aromatic carbocycles. The lowest BCUT2D eigenvalue weighted by Gasteiger charge is -2.41. The molecule has 0 aliphatic carbocycles. The summed E-state index contributed by atoms with van der Waals surface area (Å²) in [5, 5.41) is 12.4. The van der Waals surface area contributed by atoms with Gasteiger partial charge in [-0.15, -0.1) is 0 Å². The van der Waals surface area contributed by atoms with E-state index in [9.17, 15) is 9.90 Å². The van der Waals surface area contributed by atoms with Crippen LogP contribution in [0.4, 0.5) is 10.5 Å². The van der Waals surface area contributed by atoms with Gasteiger partial charge in [-0.2, -0.15) is 0 Å². The molecule has 0 spiro atoms. The summed E-state index contributed by atoms with van der Waals surface area (Å²) < 4.78 is 5.75. The first kappa shape index (κ1) is 19.9. The number of benzene rings is 1. The molecule has 0 bridgehead atoms. The molecule has 2 aliphatic heterocycles. The normalized spacial score (nSPS) is 21.0. The van der Waals surface area contributed by atoms with Crippen LogP contribution in [-0.2, 0) is 13.1 Å². The number of anilines is 1. The van der Waals surface area contributed by atoms with Crippen LogP contribution in [0.15, 0.2) is 40.8 Å². The number of hydrogen-bond donors (Lipinski definition) is 2. The van der Waals surface area contributed by atoms with Gasteiger partial charge in [-0.3, -0.25) is 14.7 Å². The minimum atomic E-state index is -0.0209. The third-order valence-electron chi connectivity index (χ3n) is 5.82. The Morgan fingerprint density at radius 2 is 1.93 bits per heavy atom. The Labute approximate surface area is 171 Å². The maximum absolute atomic E-state index is 11.8. The molecule has 2 N–H and O–H groups in total. The highest BCUT2D eigenvalue weighted by Crippen LogP contribution is 2.21. The van der Waals surface area contributed by atoms with Gasteiger partial charge in [-0.25, -0.2) is 4.79 Å². The molecule has 2 aromatic rings. The van der Waals surface area contributed by atoms with Crippen molar-refractivity contribution in [2.24, 2.45) is 0 Å². The summed E-state index contributed by atoms with van der Waals surface area (Å²) in [6, 6.07) is 12.6. The predicted molar refractivity (Wildman–Crippen MR) is 112 cm³/mol. The Kier molecular flexibility index (Phi) is 6.18. The van der Waals surface area contributed by atoms with Crippen LogP contribution >= 0.6 is 0 Å². The van der Waals surface area contributed by atoms with E-state index >= 15 is 0 Å². The van der Waals surface area contributed by atoms with E-state index in [1.165, 1.54) is 5.56 Å². The van der Waals surface area contributed by atoms with Gasteiger partial charge in [0.05, 0.1) is 6.54 Å². The van der Waals surface area contributed by atoms with Crippen molar-refractivity contribution in [3.8, 4) is 0 Å². The smallest absolute Gasteiger partial charge is 0.321 e. The van der Waals surface area contributed by atoms with Gasteiger partial charge in [-0.05, 0) is 43.2 Å². The average molecular weight is 399 g/mol. The highest BCUT2D eigenvalue weighted by molar-refractivity contribution is 5.93. The summed E-state index contributed by atoms with van der Waals surface area (Å²) in [5.41, 5.74) is 2.19. The molecule has 7 heteroatoms. The van der Waals surface area contributed by atoms with E-state index in [2.05, 4.69) is 27.2 Å². The van der Waals surface area contributed by atoms with Crippen LogP contribution in [0, 0.1) is 6.92 Å². The number of amides is 2. The Morgan fingerprint density at radius 1 is 1.10 bits per heavy atom. The molecule has 3 heterocycles. The Morgan fingerprint density at radius 3 is 2.59 bits per heavy atom. The van der Waals surface area contributed by atoms with Crippen molar-refractivity contribution in [3.05, 3.63) is 53.5 Å². The molecule has 2 aliphatic rings. The van der Waals surface area contributed by atoms with Crippen LogP contribution in [0.3, 0.4) is 0 Å². The van der Waals surface area contributed by atoms with Crippen LogP contribution in [0.25, 0.3) is 0 Å². The fourth-order valence-electron chi connectivity index (χ4n) is 4.26. The van der Waals surface area contributed by atoms with E-state index in [1.807, 2.05) is 31.2 Å². The zero-order valence-corrected chi connectivity index (χ0v) is 17.0. The van der Waals surface area contributed by atoms with Gasteiger partial charge in [-0.1, -0.05) is 12.1 Å². The second kappa shape index (κ2) is 8.98. The SMILES string of the molecule is Cc1ccc(CN2CCN(Cc3ccc(N4CCNC4=O)cc3)CC2CCO)o1. The van der Waals surface area contributed by atoms with Crippen molar-refractivity contribution in [3.63, 3.8) is 0 Å². The van der Waals surface area contributed by atoms with Crippen molar-refractivity contribution in [1.82, 2.24) is 15.1 Å². The molecule has 156 valence electrons. The number of carbonyl (C=O) groups excluding carboxylic acids is 1. The molecule has 1 aromatic heterocycles. The highest BCUT2D eigenvalue weighted by atomic mass is 16.3. The number of rotatable bonds is 7. The fraction of sp³-hybridized carbons (Fsp3) is 0.500. The number of furan rings is 1. The number of nitrogens with one attached hydrogen (secondary N) is 1. The first-order valence-electron chi connectivity index (χ1n) is 10.4. The van der Waals surface area contributed by atoms with E-state index in [4.69, 9.17) is 4.42 Å². The average Bonchev–Trinajstić information content (AvgIpc) is 3.33. The number of urea groups is 1. The Bertz CT molecular complexity index is 820. The van der Waals surface area contributed by atoms with Gasteiger partial charge >= 0.3 is 6.03 Å². The molecule has 0 radical (unpaired) electrons. The zero-order chi connectivity index (χ0) is 20.2. The summed E-state index contributed by atoms with van der Waals surface area (Å²) >= 11 is 0. The van der Waals surface area contributed by atoms with Gasteiger partial charge in [0.1, 0.15) is 11.5 Å². The number of aliphatic hydroxyl groups is 1. The second-order valence-corrected chi connectivity index (χ2v) is 7.93. The molecular weight excluding hydrogens is 368 g/mol. The van der Waals surface area contributed by atoms with Crippen LogP contribution < -0.4 is 10.2 Å². The van der Waals surface area contributed by atoms with Gasteiger partial charge in [0.2, 0.25) is 0 Å². The van der Waals surface area contributed by atoms with Crippen molar-refractivity contribution in [2.75, 3.05) is 44.2 Å². The molecule has 1 unspecified atom stereocenters. The summed E-state index contributed by atoms with van der Waals surface area (Å²) in [6.07, 6.45) is 0.763. The molecule has 29 heavy (non-hydrogen) atoms. The molecule has 2 amide bonds. The highest BCUT2D eigenvalue weighted by Gasteiger charge is 2.27. The van der Waals surface area contributed by atoms with E-state index in [0.717, 1.165) is 62.9 Å². The van der Waals surface area contributed by atoms with Crippen molar-refractivity contribution in [1.29, 1.82) is 0 Å². The fourth-order valence-corrected chi connectivity index (χ4v) is 4.26. The minimum absolute atomic E-state index is 0.0209. The van der Waals surface area contributed by atoms with Crippen LogP contribution in [0.2, 0.25) is 0 Å². The van der Waals surface area contributed by atoms with Gasteiger partial charge in [0, 0.05) is 57.6 Å². The van der Waals surface area contributed by atoms with Gasteiger partial charge in [0.25, 0.3) is 0 Å². The van der Waals surface area contributed by atoms with Crippen LogP contribution in [0.5, 0.6) is 0 Å². The summed E-state index contributed by atoms with van der Waals surface area (Å²) in [6.45, 7) is 8.12. The van der Waals surface area contributed by atoms with E-state index in [-0.39, 0.29) is 12.6 Å². The van der Waals surface area contributed by atoms with Crippen molar-refractivity contribution >= 4 is 11.7 Å². The molecule has 1 atom stereocenters. The van der Waals surface area contributed by atoms with Crippen LogP contribution in [-0.4, -0.2) is 66.3 Å². The molecular formula is C22H30N4O3. The maximum Gasteiger partial charge on any atom is 0.321 e. The number of carbonyl (C=O) groups is 1. The molecule has 4 rings (SSSR count). The van der Waals surface area contributed by atoms with E-state index in [0.29, 0.717) is 12.6 Å². The number of nitrogens with zero attached hydrogens (tertiary/aromatic N) is 3. The third kappa shape index (κ3) is 4.80. The van der Waals surface area contributed by atoms with Gasteiger partial charge < -0.3 is 14.8 Å². The number of piperazine rings is 1. The first-order chi connectivity index (χ1) is 14.1. The van der Waals surface area contributed by atoms with Crippen molar-refractivity contribution < 1.29 is 14.3 Å². The lowest BCUT2D eigenvalue weighted by atomic mass is 10.1. The van der Waals surface area contributed by atoms with Crippen molar-refractivity contribution in [2.45, 2.75) is 32.5 Å². The predicted octanol–water partition coefficient (Wildman–Crippen LogP) is 2.19. The summed E-state index contributed by atoms with van der Waals surface area (Å²) in [7, 11) is 0. The van der Waals surface area contributed by atoms with E-state index < -0.39 is 0 Å². The molecule has 2 saturated heterocycles. The molecule has 0 saturated carbocycles. The molecule has 2 fully saturated rings. The summed E-state index contributed by atoms with van der Waals surface area (Å²) in [4.78, 5) is 18.4. The summed E-state index contributed by atoms with van der Waals surface area (Å²) in [5.74, 6) is 1.92. The second-order valence-electron chi connectivity index (χ2n) is 7.93. The monoisotopic (exact) mass is 398 g/mol. The van der Waals surface area contributed by atoms with E-state index in [1.54, 1.807) is 4.90 Å². The minimum Gasteiger partial charge on any atom is -0.465 e. The standard InChI is InChI=1S/C22H30N4O3/c1-17-2-7-21(29-17)16-25-12-11-24(15-20(25)8-13-27)14-18-3-5-19(6-4-18)26-10-9-23-22(26)28/h2-7,20,27H,8-16H2,1H3,(H,23,28). The Hall–Kier alpha value is -2.35. The number of aliphatic hydroxyl groups excluding tert-OH is 1. The third-order valence-corrected chi connectivity index (χ3v) is 5.82. The van der Waals surface area contributed by atoms with Gasteiger partial charge in [0.15, 0.2) is 0 Å². The first-order valence-corrected chi connectivity index (χ1v) is 10.4. The quantitative estimate of drug-likeness (QED) is 0.748. The number of hydrogen-bond acceptors (Lipinski definition) is 5. The lowest BCUT2D eigenvalue weighted by Crippen LogP contribution is -2.52. The maximum atomic E-state index is 11.8.